The van der Waals surface area contributed by atoms with Crippen molar-refractivity contribution in [2.75, 3.05) is 6.54 Å². The molecule has 17 heavy (non-hydrogen) atoms. The zero-order chi connectivity index (χ0) is 12.7. The molecule has 0 aromatic heterocycles. The predicted molar refractivity (Wildman–Crippen MR) is 71.8 cm³/mol. The summed E-state index contributed by atoms with van der Waals surface area (Å²) in [5.41, 5.74) is 2.56. The van der Waals surface area contributed by atoms with Crippen LogP contribution in [0.2, 0.25) is 0 Å². The molecule has 0 aliphatic carbocycles. The van der Waals surface area contributed by atoms with Crippen molar-refractivity contribution in [1.29, 1.82) is 0 Å². The summed E-state index contributed by atoms with van der Waals surface area (Å²) in [7, 11) is 0. The summed E-state index contributed by atoms with van der Waals surface area (Å²) in [6.07, 6.45) is 3.26. The van der Waals surface area contributed by atoms with E-state index in [0.29, 0.717) is 0 Å². The molecule has 0 radical (unpaired) electrons. The van der Waals surface area contributed by atoms with E-state index in [1.165, 1.54) is 11.1 Å². The van der Waals surface area contributed by atoms with Crippen molar-refractivity contribution in [3.05, 3.63) is 35.4 Å². The van der Waals surface area contributed by atoms with Crippen LogP contribution in [-0.2, 0) is 17.8 Å². The maximum atomic E-state index is 11.5. The molecule has 2 nitrogen and oxygen atoms in total. The van der Waals surface area contributed by atoms with E-state index in [1.54, 1.807) is 6.92 Å². The van der Waals surface area contributed by atoms with Crippen LogP contribution in [-0.4, -0.2) is 17.4 Å². The SMILES string of the molecule is CCCCN(Cc1ccc(CC)cc1)C(C)=O. The third kappa shape index (κ3) is 4.59. The Balaban J connectivity index is 2.61. The fourth-order valence-electron chi connectivity index (χ4n) is 1.80. The topological polar surface area (TPSA) is 20.3 Å². The molecule has 0 spiro atoms. The normalized spacial score (nSPS) is 10.3. The van der Waals surface area contributed by atoms with Crippen LogP contribution < -0.4 is 0 Å². The summed E-state index contributed by atoms with van der Waals surface area (Å²) in [6.45, 7) is 7.54. The van der Waals surface area contributed by atoms with Crippen molar-refractivity contribution >= 4 is 5.91 Å². The molecule has 0 atom stereocenters. The number of aryl methyl sites for hydroxylation is 1. The van der Waals surface area contributed by atoms with Crippen molar-refractivity contribution in [3.8, 4) is 0 Å². The monoisotopic (exact) mass is 233 g/mol. The molecule has 0 heterocycles. The van der Waals surface area contributed by atoms with Crippen molar-refractivity contribution in [2.24, 2.45) is 0 Å². The molecule has 0 aliphatic rings. The highest BCUT2D eigenvalue weighted by Gasteiger charge is 2.08. The number of unbranched alkanes of at least 4 members (excludes halogenated alkanes) is 1. The predicted octanol–water partition coefficient (Wildman–Crippen LogP) is 3.40. The van der Waals surface area contributed by atoms with Crippen LogP contribution in [0.3, 0.4) is 0 Å². The van der Waals surface area contributed by atoms with Crippen molar-refractivity contribution in [3.63, 3.8) is 0 Å². The van der Waals surface area contributed by atoms with E-state index in [4.69, 9.17) is 0 Å². The first kappa shape index (κ1) is 13.8. The van der Waals surface area contributed by atoms with E-state index in [9.17, 15) is 4.79 Å². The lowest BCUT2D eigenvalue weighted by Gasteiger charge is -2.21. The van der Waals surface area contributed by atoms with E-state index in [2.05, 4.69) is 38.1 Å². The lowest BCUT2D eigenvalue weighted by molar-refractivity contribution is -0.129. The van der Waals surface area contributed by atoms with E-state index >= 15 is 0 Å². The van der Waals surface area contributed by atoms with E-state index in [-0.39, 0.29) is 5.91 Å². The van der Waals surface area contributed by atoms with Gasteiger partial charge in [0, 0.05) is 20.0 Å². The Morgan fingerprint density at radius 1 is 1.12 bits per heavy atom. The summed E-state index contributed by atoms with van der Waals surface area (Å²) < 4.78 is 0. The molecule has 1 aromatic carbocycles. The van der Waals surface area contributed by atoms with Gasteiger partial charge in [-0.05, 0) is 24.0 Å². The van der Waals surface area contributed by atoms with Gasteiger partial charge in [-0.3, -0.25) is 4.79 Å². The Morgan fingerprint density at radius 3 is 2.18 bits per heavy atom. The molecule has 0 unspecified atom stereocenters. The van der Waals surface area contributed by atoms with E-state index in [1.807, 2.05) is 4.90 Å². The van der Waals surface area contributed by atoms with Gasteiger partial charge in [-0.15, -0.1) is 0 Å². The van der Waals surface area contributed by atoms with E-state index in [0.717, 1.165) is 32.4 Å². The number of hydrogen-bond acceptors (Lipinski definition) is 1. The molecule has 1 rings (SSSR count). The van der Waals surface area contributed by atoms with Crippen LogP contribution in [0.1, 0.15) is 44.7 Å². The van der Waals surface area contributed by atoms with Gasteiger partial charge in [0.05, 0.1) is 0 Å². The van der Waals surface area contributed by atoms with Crippen LogP contribution in [0, 0.1) is 0 Å². The Labute approximate surface area is 105 Å². The van der Waals surface area contributed by atoms with E-state index < -0.39 is 0 Å². The highest BCUT2D eigenvalue weighted by Crippen LogP contribution is 2.09. The number of nitrogens with zero attached hydrogens (tertiary/aromatic N) is 1. The average Bonchev–Trinajstić information content (AvgIpc) is 2.35. The summed E-state index contributed by atoms with van der Waals surface area (Å²) in [4.78, 5) is 13.4. The van der Waals surface area contributed by atoms with Crippen molar-refractivity contribution < 1.29 is 4.79 Å². The van der Waals surface area contributed by atoms with Crippen LogP contribution >= 0.6 is 0 Å². The smallest absolute Gasteiger partial charge is 0.219 e. The molecule has 94 valence electrons. The highest BCUT2D eigenvalue weighted by atomic mass is 16.2. The van der Waals surface area contributed by atoms with Gasteiger partial charge in [0.25, 0.3) is 0 Å². The summed E-state index contributed by atoms with van der Waals surface area (Å²) in [5, 5.41) is 0. The van der Waals surface area contributed by atoms with Crippen molar-refractivity contribution in [2.45, 2.75) is 46.6 Å². The minimum atomic E-state index is 0.165. The van der Waals surface area contributed by atoms with Crippen LogP contribution in [0.25, 0.3) is 0 Å². The van der Waals surface area contributed by atoms with Crippen LogP contribution in [0.4, 0.5) is 0 Å². The number of carbonyl (C=O) groups excluding carboxylic acids is 1. The van der Waals surface area contributed by atoms with Gasteiger partial charge in [0.15, 0.2) is 0 Å². The molecule has 0 saturated heterocycles. The summed E-state index contributed by atoms with van der Waals surface area (Å²) in [6, 6.07) is 8.54. The molecule has 0 fully saturated rings. The van der Waals surface area contributed by atoms with Gasteiger partial charge < -0.3 is 4.90 Å². The zero-order valence-electron chi connectivity index (χ0n) is 11.2. The fraction of sp³-hybridized carbons (Fsp3) is 0.533. The minimum Gasteiger partial charge on any atom is -0.339 e. The first-order valence-corrected chi connectivity index (χ1v) is 6.50. The number of hydrogen-bond donors (Lipinski definition) is 0. The van der Waals surface area contributed by atoms with Crippen molar-refractivity contribution in [1.82, 2.24) is 4.90 Å². The maximum absolute atomic E-state index is 11.5. The number of rotatable bonds is 6. The number of amides is 1. The number of carbonyl (C=O) groups is 1. The molecular weight excluding hydrogens is 210 g/mol. The minimum absolute atomic E-state index is 0.165. The Kier molecular flexibility index (Phi) is 5.75. The molecular formula is C15H23NO. The van der Waals surface area contributed by atoms with Gasteiger partial charge in [0.2, 0.25) is 5.91 Å². The summed E-state index contributed by atoms with van der Waals surface area (Å²) in [5.74, 6) is 0.165. The second-order valence-corrected chi connectivity index (χ2v) is 4.46. The third-order valence-corrected chi connectivity index (χ3v) is 3.03. The van der Waals surface area contributed by atoms with Gasteiger partial charge in [-0.2, -0.15) is 0 Å². The fourth-order valence-corrected chi connectivity index (χ4v) is 1.80. The first-order valence-electron chi connectivity index (χ1n) is 6.50. The summed E-state index contributed by atoms with van der Waals surface area (Å²) >= 11 is 0. The molecule has 1 aromatic rings. The highest BCUT2D eigenvalue weighted by molar-refractivity contribution is 5.73. The lowest BCUT2D eigenvalue weighted by Crippen LogP contribution is -2.29. The van der Waals surface area contributed by atoms with Gasteiger partial charge in [0.1, 0.15) is 0 Å². The third-order valence-electron chi connectivity index (χ3n) is 3.03. The zero-order valence-corrected chi connectivity index (χ0v) is 11.2. The first-order chi connectivity index (χ1) is 8.17. The Hall–Kier alpha value is -1.31. The Morgan fingerprint density at radius 2 is 1.71 bits per heavy atom. The number of benzene rings is 1. The second kappa shape index (κ2) is 7.10. The van der Waals surface area contributed by atoms with Gasteiger partial charge >= 0.3 is 0 Å². The largest absolute Gasteiger partial charge is 0.339 e. The molecule has 0 aliphatic heterocycles. The standard InChI is InChI=1S/C15H23NO/c1-4-6-11-16(13(3)17)12-15-9-7-14(5-2)8-10-15/h7-10H,4-6,11-12H2,1-3H3. The maximum Gasteiger partial charge on any atom is 0.219 e. The molecule has 1 amide bonds. The lowest BCUT2D eigenvalue weighted by atomic mass is 10.1. The molecule has 2 heteroatoms. The molecule has 0 N–H and O–H groups in total. The second-order valence-electron chi connectivity index (χ2n) is 4.46. The average molecular weight is 233 g/mol. The van der Waals surface area contributed by atoms with Gasteiger partial charge in [-0.25, -0.2) is 0 Å². The molecule has 0 bridgehead atoms. The van der Waals surface area contributed by atoms with Crippen LogP contribution in [0.5, 0.6) is 0 Å². The quantitative estimate of drug-likeness (QED) is 0.737. The Bertz CT molecular complexity index is 342. The van der Waals surface area contributed by atoms with Gasteiger partial charge in [-0.1, -0.05) is 44.5 Å². The molecule has 0 saturated carbocycles. The van der Waals surface area contributed by atoms with Crippen LogP contribution in [0.15, 0.2) is 24.3 Å².